The van der Waals surface area contributed by atoms with E-state index < -0.39 is 0 Å². The van der Waals surface area contributed by atoms with Gasteiger partial charge in [0, 0.05) is 23.4 Å². The molecule has 2 saturated heterocycles. The van der Waals surface area contributed by atoms with E-state index in [-0.39, 0.29) is 11.6 Å². The van der Waals surface area contributed by atoms with Crippen molar-refractivity contribution in [2.75, 3.05) is 20.3 Å². The molecule has 0 bridgehead atoms. The highest BCUT2D eigenvalue weighted by Gasteiger charge is 2.49. The summed E-state index contributed by atoms with van der Waals surface area (Å²) < 4.78 is 14.6. The molecule has 1 aromatic heterocycles. The van der Waals surface area contributed by atoms with Crippen molar-refractivity contribution in [1.29, 1.82) is 0 Å². The molecule has 2 fully saturated rings. The standard InChI is InChI=1S/C26H31N3O2/c1-18-16-29(19(2)28-18)22-10-11-24(30-3)23(14-22)21-15-26(31-17-21)12-7-13-27-25(26)20-8-5-4-6-9-20/h4-6,8-11,14,16,21,25,27H,7,12-13,15,17H2,1-3H3/t21-,25+,26-/m1/s1. The molecule has 2 aromatic carbocycles. The minimum absolute atomic E-state index is 0.174. The number of hydrogen-bond acceptors (Lipinski definition) is 4. The van der Waals surface area contributed by atoms with Gasteiger partial charge in [-0.2, -0.15) is 0 Å². The first-order chi connectivity index (χ1) is 15.1. The van der Waals surface area contributed by atoms with Crippen LogP contribution in [0.2, 0.25) is 0 Å². The fraction of sp³-hybridized carbons (Fsp3) is 0.423. The van der Waals surface area contributed by atoms with Gasteiger partial charge >= 0.3 is 0 Å². The van der Waals surface area contributed by atoms with E-state index in [0.717, 1.165) is 48.8 Å². The number of aromatic nitrogens is 2. The summed E-state index contributed by atoms with van der Waals surface area (Å²) >= 11 is 0. The van der Waals surface area contributed by atoms with Gasteiger partial charge in [-0.15, -0.1) is 0 Å². The Kier molecular flexibility index (Phi) is 5.32. The normalized spacial score (nSPS) is 25.8. The van der Waals surface area contributed by atoms with Crippen LogP contribution in [0, 0.1) is 13.8 Å². The first-order valence-electron chi connectivity index (χ1n) is 11.2. The van der Waals surface area contributed by atoms with E-state index in [1.807, 2.05) is 13.8 Å². The first kappa shape index (κ1) is 20.3. The molecule has 1 spiro atoms. The second-order valence-corrected chi connectivity index (χ2v) is 8.90. The van der Waals surface area contributed by atoms with Crippen LogP contribution in [0.5, 0.6) is 5.75 Å². The first-order valence-corrected chi connectivity index (χ1v) is 11.2. The lowest BCUT2D eigenvalue weighted by Crippen LogP contribution is -2.48. The van der Waals surface area contributed by atoms with Gasteiger partial charge in [0.25, 0.3) is 0 Å². The maximum Gasteiger partial charge on any atom is 0.122 e. The molecule has 5 nitrogen and oxygen atoms in total. The van der Waals surface area contributed by atoms with Crippen molar-refractivity contribution in [2.24, 2.45) is 0 Å². The molecule has 3 atom stereocenters. The molecule has 5 heteroatoms. The van der Waals surface area contributed by atoms with Gasteiger partial charge in [-0.25, -0.2) is 4.98 Å². The smallest absolute Gasteiger partial charge is 0.122 e. The SMILES string of the molecule is COc1ccc(-n2cc(C)nc2C)cc1[C@H]1CO[C@]2(CCCN[C@H]2c2ccccc2)C1. The molecule has 2 aliphatic rings. The number of benzene rings is 2. The Morgan fingerprint density at radius 3 is 2.74 bits per heavy atom. The van der Waals surface area contributed by atoms with Crippen LogP contribution in [-0.4, -0.2) is 35.4 Å². The van der Waals surface area contributed by atoms with Crippen LogP contribution in [0.15, 0.2) is 54.7 Å². The van der Waals surface area contributed by atoms with E-state index in [1.165, 1.54) is 11.1 Å². The summed E-state index contributed by atoms with van der Waals surface area (Å²) in [5.41, 5.74) is 4.51. The van der Waals surface area contributed by atoms with Crippen LogP contribution in [-0.2, 0) is 4.74 Å². The lowest BCUT2D eigenvalue weighted by Gasteiger charge is -2.41. The minimum atomic E-state index is -0.174. The van der Waals surface area contributed by atoms with Crippen LogP contribution < -0.4 is 10.1 Å². The highest BCUT2D eigenvalue weighted by atomic mass is 16.5. The monoisotopic (exact) mass is 417 g/mol. The molecular weight excluding hydrogens is 386 g/mol. The Bertz CT molecular complexity index is 1060. The van der Waals surface area contributed by atoms with Gasteiger partial charge < -0.3 is 19.4 Å². The van der Waals surface area contributed by atoms with Gasteiger partial charge in [-0.1, -0.05) is 30.3 Å². The van der Waals surface area contributed by atoms with Crippen molar-refractivity contribution in [3.63, 3.8) is 0 Å². The second-order valence-electron chi connectivity index (χ2n) is 8.90. The number of methoxy groups -OCH3 is 1. The van der Waals surface area contributed by atoms with E-state index >= 15 is 0 Å². The number of nitrogens with one attached hydrogen (secondary N) is 1. The lowest BCUT2D eigenvalue weighted by atomic mass is 9.77. The average molecular weight is 418 g/mol. The molecule has 3 heterocycles. The maximum atomic E-state index is 6.65. The lowest BCUT2D eigenvalue weighted by molar-refractivity contribution is -0.0484. The molecule has 0 aliphatic carbocycles. The number of aryl methyl sites for hydroxylation is 2. The van der Waals surface area contributed by atoms with Gasteiger partial charge in [0.05, 0.1) is 31.1 Å². The van der Waals surface area contributed by atoms with Crippen LogP contribution in [0.1, 0.15) is 53.9 Å². The van der Waals surface area contributed by atoms with E-state index in [1.54, 1.807) is 7.11 Å². The Hall–Kier alpha value is -2.63. The maximum absolute atomic E-state index is 6.65. The van der Waals surface area contributed by atoms with E-state index in [0.29, 0.717) is 12.5 Å². The molecule has 1 N–H and O–H groups in total. The van der Waals surface area contributed by atoms with Crippen LogP contribution in [0.4, 0.5) is 0 Å². The zero-order chi connectivity index (χ0) is 21.4. The summed E-state index contributed by atoms with van der Waals surface area (Å²) in [7, 11) is 1.76. The third-order valence-corrected chi connectivity index (χ3v) is 6.88. The molecule has 0 radical (unpaired) electrons. The molecule has 0 amide bonds. The molecule has 162 valence electrons. The van der Waals surface area contributed by atoms with Crippen LogP contribution >= 0.6 is 0 Å². The highest BCUT2D eigenvalue weighted by Crippen LogP contribution is 2.49. The van der Waals surface area contributed by atoms with Gasteiger partial charge in [0.1, 0.15) is 11.6 Å². The van der Waals surface area contributed by atoms with E-state index in [4.69, 9.17) is 9.47 Å². The quantitative estimate of drug-likeness (QED) is 0.658. The number of piperidine rings is 1. The minimum Gasteiger partial charge on any atom is -0.496 e. The summed E-state index contributed by atoms with van der Waals surface area (Å²) in [5.74, 6) is 2.23. The summed E-state index contributed by atoms with van der Waals surface area (Å²) in [4.78, 5) is 4.57. The zero-order valence-electron chi connectivity index (χ0n) is 18.6. The zero-order valence-corrected chi connectivity index (χ0v) is 18.6. The van der Waals surface area contributed by atoms with Crippen LogP contribution in [0.3, 0.4) is 0 Å². The fourth-order valence-electron chi connectivity index (χ4n) is 5.48. The molecular formula is C26H31N3O2. The van der Waals surface area contributed by atoms with Crippen molar-refractivity contribution >= 4 is 0 Å². The molecule has 0 saturated carbocycles. The Morgan fingerprint density at radius 1 is 1.16 bits per heavy atom. The number of ether oxygens (including phenoxy) is 2. The van der Waals surface area contributed by atoms with E-state index in [2.05, 4.69) is 69.6 Å². The van der Waals surface area contributed by atoms with Crippen molar-refractivity contribution in [3.05, 3.63) is 77.4 Å². The van der Waals surface area contributed by atoms with E-state index in [9.17, 15) is 0 Å². The topological polar surface area (TPSA) is 48.3 Å². The number of rotatable bonds is 4. The second kappa shape index (κ2) is 8.13. The predicted octanol–water partition coefficient (Wildman–Crippen LogP) is 4.87. The predicted molar refractivity (Wildman–Crippen MR) is 122 cm³/mol. The third kappa shape index (κ3) is 3.66. The number of hydrogen-bond donors (Lipinski definition) is 1. The molecule has 2 aliphatic heterocycles. The molecule has 0 unspecified atom stereocenters. The summed E-state index contributed by atoms with van der Waals surface area (Å²) in [6.45, 7) is 5.82. The summed E-state index contributed by atoms with van der Waals surface area (Å²) in [5, 5.41) is 3.75. The number of imidazole rings is 1. The highest BCUT2D eigenvalue weighted by molar-refractivity contribution is 5.47. The summed E-state index contributed by atoms with van der Waals surface area (Å²) in [6, 6.07) is 17.4. The van der Waals surface area contributed by atoms with Crippen molar-refractivity contribution in [2.45, 2.75) is 50.7 Å². The molecule has 31 heavy (non-hydrogen) atoms. The van der Waals surface area contributed by atoms with Crippen molar-refractivity contribution < 1.29 is 9.47 Å². The van der Waals surface area contributed by atoms with Crippen molar-refractivity contribution in [1.82, 2.24) is 14.9 Å². The van der Waals surface area contributed by atoms with Gasteiger partial charge in [-0.05, 0) is 63.4 Å². The molecule has 3 aromatic rings. The number of nitrogens with zero attached hydrogens (tertiary/aromatic N) is 2. The Morgan fingerprint density at radius 2 is 2.00 bits per heavy atom. The van der Waals surface area contributed by atoms with Gasteiger partial charge in [0.2, 0.25) is 0 Å². The largest absolute Gasteiger partial charge is 0.496 e. The van der Waals surface area contributed by atoms with Gasteiger partial charge in [-0.3, -0.25) is 0 Å². The summed E-state index contributed by atoms with van der Waals surface area (Å²) in [6.07, 6.45) is 5.30. The molecule has 5 rings (SSSR count). The van der Waals surface area contributed by atoms with Crippen molar-refractivity contribution in [3.8, 4) is 11.4 Å². The van der Waals surface area contributed by atoms with Crippen LogP contribution in [0.25, 0.3) is 5.69 Å². The Balaban J connectivity index is 1.48. The van der Waals surface area contributed by atoms with Gasteiger partial charge in [0.15, 0.2) is 0 Å². The Labute approximate surface area is 184 Å². The third-order valence-electron chi connectivity index (χ3n) is 6.88. The average Bonchev–Trinajstić information content (AvgIpc) is 3.37. The fourth-order valence-corrected chi connectivity index (χ4v) is 5.48.